The lowest BCUT2D eigenvalue weighted by Gasteiger charge is -2.10. The second-order valence-corrected chi connectivity index (χ2v) is 5.03. The highest BCUT2D eigenvalue weighted by atomic mass is 32.1. The van der Waals surface area contributed by atoms with Crippen LogP contribution >= 0.6 is 11.3 Å². The normalized spacial score (nSPS) is 12.1. The van der Waals surface area contributed by atoms with Crippen LogP contribution in [0, 0.1) is 6.92 Å². The quantitative estimate of drug-likeness (QED) is 0.940. The lowest BCUT2D eigenvalue weighted by atomic mass is 10.2. The molecular formula is C11H13F3N4S. The summed E-state index contributed by atoms with van der Waals surface area (Å²) in [6, 6.07) is 0. The molecule has 0 atom stereocenters. The number of nitrogens with zero attached hydrogens (tertiary/aromatic N) is 3. The van der Waals surface area contributed by atoms with Gasteiger partial charge in [0.1, 0.15) is 0 Å². The predicted molar refractivity (Wildman–Crippen MR) is 65.6 cm³/mol. The van der Waals surface area contributed by atoms with E-state index in [2.05, 4.69) is 15.4 Å². The number of aromatic nitrogens is 3. The first-order valence-corrected chi connectivity index (χ1v) is 6.45. The first-order chi connectivity index (χ1) is 8.89. The molecule has 0 radical (unpaired) electrons. The summed E-state index contributed by atoms with van der Waals surface area (Å²) in [5.41, 5.74) is 2.06. The van der Waals surface area contributed by atoms with Gasteiger partial charge in [0.2, 0.25) is 0 Å². The molecule has 0 unspecified atom stereocenters. The smallest absolute Gasteiger partial charge is 0.306 e. The number of alkyl halides is 3. The fourth-order valence-electron chi connectivity index (χ4n) is 1.70. The van der Waals surface area contributed by atoms with E-state index < -0.39 is 11.7 Å². The standard InChI is InChI=1S/C11H13F3N4S/c1-7-10(19-6-16-7)5-15-4-9-8(11(12,13)14)3-17-18(9)2/h3,6,15H,4-5H2,1-2H3. The van der Waals surface area contributed by atoms with Gasteiger partial charge < -0.3 is 5.32 Å². The van der Waals surface area contributed by atoms with Crippen molar-refractivity contribution in [2.75, 3.05) is 0 Å². The molecule has 2 aromatic heterocycles. The van der Waals surface area contributed by atoms with E-state index >= 15 is 0 Å². The Morgan fingerprint density at radius 3 is 2.68 bits per heavy atom. The average molecular weight is 290 g/mol. The van der Waals surface area contributed by atoms with Gasteiger partial charge in [-0.1, -0.05) is 0 Å². The van der Waals surface area contributed by atoms with Gasteiger partial charge in [-0.05, 0) is 6.92 Å². The number of rotatable bonds is 4. The van der Waals surface area contributed by atoms with E-state index in [0.717, 1.165) is 16.8 Å². The fraction of sp³-hybridized carbons (Fsp3) is 0.455. The second kappa shape index (κ2) is 5.30. The van der Waals surface area contributed by atoms with Gasteiger partial charge in [0, 0.05) is 25.0 Å². The minimum Gasteiger partial charge on any atom is -0.306 e. The van der Waals surface area contributed by atoms with Crippen LogP contribution in [0.5, 0.6) is 0 Å². The fourth-order valence-corrected chi connectivity index (χ4v) is 2.45. The molecule has 0 spiro atoms. The molecule has 0 saturated carbocycles. The summed E-state index contributed by atoms with van der Waals surface area (Å²) < 4.78 is 39.5. The molecule has 0 aliphatic rings. The van der Waals surface area contributed by atoms with Crippen LogP contribution in [-0.4, -0.2) is 14.8 Å². The zero-order chi connectivity index (χ0) is 14.0. The molecule has 0 fully saturated rings. The number of aryl methyl sites for hydroxylation is 2. The van der Waals surface area contributed by atoms with Crippen molar-refractivity contribution in [3.05, 3.63) is 33.5 Å². The van der Waals surface area contributed by atoms with Crippen molar-refractivity contribution < 1.29 is 13.2 Å². The number of hydrogen-bond donors (Lipinski definition) is 1. The van der Waals surface area contributed by atoms with Crippen molar-refractivity contribution >= 4 is 11.3 Å². The zero-order valence-electron chi connectivity index (χ0n) is 10.5. The number of halogens is 3. The lowest BCUT2D eigenvalue weighted by molar-refractivity contribution is -0.138. The SMILES string of the molecule is Cc1ncsc1CNCc1c(C(F)(F)F)cnn1C. The third-order valence-electron chi connectivity index (χ3n) is 2.79. The minimum absolute atomic E-state index is 0.114. The summed E-state index contributed by atoms with van der Waals surface area (Å²) >= 11 is 1.48. The average Bonchev–Trinajstić information content (AvgIpc) is 2.86. The molecule has 1 N–H and O–H groups in total. The molecule has 2 heterocycles. The van der Waals surface area contributed by atoms with Crippen molar-refractivity contribution in [1.82, 2.24) is 20.1 Å². The van der Waals surface area contributed by atoms with Crippen molar-refractivity contribution in [1.29, 1.82) is 0 Å². The Morgan fingerprint density at radius 1 is 1.37 bits per heavy atom. The first-order valence-electron chi connectivity index (χ1n) is 5.57. The zero-order valence-corrected chi connectivity index (χ0v) is 11.3. The number of nitrogens with one attached hydrogen (secondary N) is 1. The summed E-state index contributed by atoms with van der Waals surface area (Å²) in [6.45, 7) is 2.49. The molecular weight excluding hydrogens is 277 g/mol. The molecule has 2 rings (SSSR count). The minimum atomic E-state index is -4.37. The highest BCUT2D eigenvalue weighted by Crippen LogP contribution is 2.31. The Labute approximate surface area is 112 Å². The van der Waals surface area contributed by atoms with Gasteiger partial charge in [-0.15, -0.1) is 11.3 Å². The van der Waals surface area contributed by atoms with Crippen LogP contribution in [0.4, 0.5) is 13.2 Å². The molecule has 0 aromatic carbocycles. The third kappa shape index (κ3) is 3.13. The summed E-state index contributed by atoms with van der Waals surface area (Å²) in [4.78, 5) is 5.11. The molecule has 0 aliphatic carbocycles. The Hall–Kier alpha value is -1.41. The van der Waals surface area contributed by atoms with Gasteiger partial charge in [-0.2, -0.15) is 18.3 Å². The first kappa shape index (κ1) is 14.0. The monoisotopic (exact) mass is 290 g/mol. The van der Waals surface area contributed by atoms with Crippen LogP contribution in [0.3, 0.4) is 0 Å². The Morgan fingerprint density at radius 2 is 2.11 bits per heavy atom. The van der Waals surface area contributed by atoms with Crippen LogP contribution < -0.4 is 5.32 Å². The van der Waals surface area contributed by atoms with E-state index in [0.29, 0.717) is 6.54 Å². The van der Waals surface area contributed by atoms with Gasteiger partial charge in [0.15, 0.2) is 0 Å². The maximum absolute atomic E-state index is 12.7. The molecule has 104 valence electrons. The highest BCUT2D eigenvalue weighted by molar-refractivity contribution is 7.09. The van der Waals surface area contributed by atoms with Crippen molar-refractivity contribution in [3.8, 4) is 0 Å². The topological polar surface area (TPSA) is 42.7 Å². The molecule has 2 aromatic rings. The largest absolute Gasteiger partial charge is 0.419 e. The third-order valence-corrected chi connectivity index (χ3v) is 3.72. The van der Waals surface area contributed by atoms with E-state index in [1.807, 2.05) is 6.92 Å². The van der Waals surface area contributed by atoms with Crippen LogP contribution in [-0.2, 0) is 26.3 Å². The van der Waals surface area contributed by atoms with Gasteiger partial charge in [-0.25, -0.2) is 4.98 Å². The van der Waals surface area contributed by atoms with E-state index in [9.17, 15) is 13.2 Å². The number of hydrogen-bond acceptors (Lipinski definition) is 4. The van der Waals surface area contributed by atoms with Gasteiger partial charge in [0.25, 0.3) is 0 Å². The van der Waals surface area contributed by atoms with Crippen molar-refractivity contribution in [3.63, 3.8) is 0 Å². The van der Waals surface area contributed by atoms with Crippen LogP contribution in [0.2, 0.25) is 0 Å². The van der Waals surface area contributed by atoms with Gasteiger partial charge in [-0.3, -0.25) is 4.68 Å². The highest BCUT2D eigenvalue weighted by Gasteiger charge is 2.35. The van der Waals surface area contributed by atoms with E-state index in [-0.39, 0.29) is 12.2 Å². The van der Waals surface area contributed by atoms with Crippen molar-refractivity contribution in [2.45, 2.75) is 26.2 Å². The van der Waals surface area contributed by atoms with Crippen LogP contribution in [0.15, 0.2) is 11.7 Å². The Balaban J connectivity index is 2.04. The van der Waals surface area contributed by atoms with E-state index in [1.165, 1.54) is 23.1 Å². The second-order valence-electron chi connectivity index (χ2n) is 4.09. The molecule has 8 heteroatoms. The predicted octanol–water partition coefficient (Wildman–Crippen LogP) is 2.49. The summed E-state index contributed by atoms with van der Waals surface area (Å²) in [7, 11) is 1.50. The maximum Gasteiger partial charge on any atom is 0.419 e. The molecule has 0 amide bonds. The summed E-state index contributed by atoms with van der Waals surface area (Å²) in [6.07, 6.45) is -3.51. The summed E-state index contributed by atoms with van der Waals surface area (Å²) in [5, 5.41) is 6.66. The molecule has 19 heavy (non-hydrogen) atoms. The molecule has 0 bridgehead atoms. The number of thiazole rings is 1. The lowest BCUT2D eigenvalue weighted by Crippen LogP contribution is -2.18. The van der Waals surface area contributed by atoms with Crippen LogP contribution in [0.25, 0.3) is 0 Å². The maximum atomic E-state index is 12.7. The molecule has 0 saturated heterocycles. The van der Waals surface area contributed by atoms with Crippen molar-refractivity contribution in [2.24, 2.45) is 7.05 Å². The Bertz CT molecular complexity index is 559. The summed E-state index contributed by atoms with van der Waals surface area (Å²) in [5.74, 6) is 0. The van der Waals surface area contributed by atoms with Gasteiger partial charge >= 0.3 is 6.18 Å². The molecule has 4 nitrogen and oxygen atoms in total. The Kier molecular flexibility index (Phi) is 3.91. The van der Waals surface area contributed by atoms with Crippen LogP contribution in [0.1, 0.15) is 21.8 Å². The van der Waals surface area contributed by atoms with Gasteiger partial charge in [0.05, 0.1) is 28.7 Å². The molecule has 0 aliphatic heterocycles. The van der Waals surface area contributed by atoms with E-state index in [4.69, 9.17) is 0 Å². The van der Waals surface area contributed by atoms with E-state index in [1.54, 1.807) is 5.51 Å².